The number of ether oxygens (including phenoxy) is 3. The number of benzene rings is 3. The molecule has 0 unspecified atom stereocenters. The molecule has 3 aromatic rings. The second-order valence-corrected chi connectivity index (χ2v) is 8.98. The molecular formula is C30H32O5. The minimum Gasteiger partial charge on any atom is -0.493 e. The summed E-state index contributed by atoms with van der Waals surface area (Å²) in [5.74, 6) is 1.16. The van der Waals surface area contributed by atoms with E-state index in [1.807, 2.05) is 24.3 Å². The van der Waals surface area contributed by atoms with Gasteiger partial charge in [0.15, 0.2) is 0 Å². The fraction of sp³-hybridized carbons (Fsp3) is 0.300. The number of hydrogen-bond acceptors (Lipinski definition) is 4. The van der Waals surface area contributed by atoms with Crippen LogP contribution in [0.15, 0.2) is 72.8 Å². The molecule has 0 saturated carbocycles. The lowest BCUT2D eigenvalue weighted by molar-refractivity contribution is -0.137. The predicted octanol–water partition coefficient (Wildman–Crippen LogP) is 6.93. The van der Waals surface area contributed by atoms with Gasteiger partial charge in [-0.25, -0.2) is 0 Å². The number of unbranched alkanes of at least 4 members (excludes halogenated alkanes) is 1. The Morgan fingerprint density at radius 2 is 1.89 bits per heavy atom. The molecule has 5 nitrogen and oxygen atoms in total. The maximum atomic E-state index is 11.2. The normalized spacial score (nSPS) is 14.7. The summed E-state index contributed by atoms with van der Waals surface area (Å²) >= 11 is 0. The fourth-order valence-electron chi connectivity index (χ4n) is 4.21. The zero-order chi connectivity index (χ0) is 24.8. The van der Waals surface area contributed by atoms with Crippen molar-refractivity contribution in [3.05, 3.63) is 89.5 Å². The predicted molar refractivity (Wildman–Crippen MR) is 137 cm³/mol. The highest BCUT2D eigenvalue weighted by molar-refractivity contribution is 5.71. The monoisotopic (exact) mass is 472 g/mol. The summed E-state index contributed by atoms with van der Waals surface area (Å²) in [6.07, 6.45) is 2.14. The zero-order valence-electron chi connectivity index (χ0n) is 20.4. The number of carboxylic acids is 1. The molecule has 1 N–H and O–H groups in total. The van der Waals surface area contributed by atoms with Crippen LogP contribution >= 0.6 is 0 Å². The van der Waals surface area contributed by atoms with Crippen LogP contribution in [0.1, 0.15) is 48.8 Å². The van der Waals surface area contributed by atoms with Crippen molar-refractivity contribution in [3.63, 3.8) is 0 Å². The first-order valence-electron chi connectivity index (χ1n) is 12.1. The van der Waals surface area contributed by atoms with Crippen LogP contribution in [0.3, 0.4) is 0 Å². The van der Waals surface area contributed by atoms with Crippen molar-refractivity contribution in [2.24, 2.45) is 0 Å². The Balaban J connectivity index is 1.44. The van der Waals surface area contributed by atoms with E-state index in [0.717, 1.165) is 46.4 Å². The topological polar surface area (TPSA) is 65.0 Å². The molecule has 0 saturated heterocycles. The summed E-state index contributed by atoms with van der Waals surface area (Å²) < 4.78 is 17.8. The van der Waals surface area contributed by atoms with Crippen LogP contribution in [0.4, 0.5) is 0 Å². The van der Waals surface area contributed by atoms with Crippen LogP contribution in [0.5, 0.6) is 17.2 Å². The van der Waals surface area contributed by atoms with E-state index >= 15 is 0 Å². The molecular weight excluding hydrogens is 440 g/mol. The molecule has 0 amide bonds. The number of aliphatic carboxylic acids is 1. The quantitative estimate of drug-likeness (QED) is 0.256. The average Bonchev–Trinajstić information content (AvgIpc) is 2.85. The molecule has 0 aromatic heterocycles. The van der Waals surface area contributed by atoms with Gasteiger partial charge in [0.2, 0.25) is 0 Å². The number of carbonyl (C=O) groups is 1. The fourth-order valence-corrected chi connectivity index (χ4v) is 4.21. The Bertz CT molecular complexity index is 1200. The van der Waals surface area contributed by atoms with E-state index in [1.54, 1.807) is 0 Å². The summed E-state index contributed by atoms with van der Waals surface area (Å²) in [6, 6.07) is 20.2. The summed E-state index contributed by atoms with van der Waals surface area (Å²) in [5.41, 5.74) is 6.06. The van der Waals surface area contributed by atoms with Crippen LogP contribution in [-0.4, -0.2) is 24.3 Å². The Labute approximate surface area is 207 Å². The standard InChI is InChI=1S/C30H32O5/c1-4-5-14-33-28-13-6-20(2)15-27(28)23-9-7-22(8-10-23)19-34-24-11-12-25-26(17-30(31)32)21(3)18-35-29(25)16-24/h6-13,15-16,26H,3-5,14,17-19H2,1-2H3,(H,31,32)/t26-/m0/s1. The lowest BCUT2D eigenvalue weighted by Crippen LogP contribution is -2.19. The molecule has 5 heteroatoms. The smallest absolute Gasteiger partial charge is 0.304 e. The molecule has 0 spiro atoms. The van der Waals surface area contributed by atoms with Crippen LogP contribution in [0.2, 0.25) is 0 Å². The molecule has 0 radical (unpaired) electrons. The molecule has 4 rings (SSSR count). The van der Waals surface area contributed by atoms with Crippen molar-refractivity contribution < 1.29 is 24.1 Å². The Kier molecular flexibility index (Phi) is 7.76. The molecule has 3 aromatic carbocycles. The van der Waals surface area contributed by atoms with Gasteiger partial charge < -0.3 is 19.3 Å². The number of aryl methyl sites for hydroxylation is 1. The van der Waals surface area contributed by atoms with Gasteiger partial charge in [-0.1, -0.05) is 61.9 Å². The number of fused-ring (bicyclic) bond motifs is 1. The van der Waals surface area contributed by atoms with E-state index in [2.05, 4.69) is 56.8 Å². The second kappa shape index (κ2) is 11.1. The number of hydrogen-bond donors (Lipinski definition) is 1. The minimum absolute atomic E-state index is 0.00798. The lowest BCUT2D eigenvalue weighted by Gasteiger charge is -2.27. The van der Waals surface area contributed by atoms with Crippen molar-refractivity contribution in [1.29, 1.82) is 0 Å². The molecule has 1 atom stereocenters. The first-order chi connectivity index (χ1) is 16.9. The van der Waals surface area contributed by atoms with E-state index in [-0.39, 0.29) is 12.3 Å². The van der Waals surface area contributed by atoms with Crippen LogP contribution in [0.25, 0.3) is 11.1 Å². The lowest BCUT2D eigenvalue weighted by atomic mass is 9.87. The van der Waals surface area contributed by atoms with Crippen molar-refractivity contribution in [2.75, 3.05) is 13.2 Å². The summed E-state index contributed by atoms with van der Waals surface area (Å²) in [6.45, 7) is 9.67. The van der Waals surface area contributed by atoms with E-state index < -0.39 is 5.97 Å². The van der Waals surface area contributed by atoms with Crippen molar-refractivity contribution in [3.8, 4) is 28.4 Å². The van der Waals surface area contributed by atoms with Crippen molar-refractivity contribution >= 4 is 5.97 Å². The zero-order valence-corrected chi connectivity index (χ0v) is 20.4. The SMILES string of the molecule is C=C1COc2cc(OCc3ccc(-c4cc(C)ccc4OCCCC)cc3)ccc2[C@H]1CC(=O)O. The second-order valence-electron chi connectivity index (χ2n) is 8.98. The Morgan fingerprint density at radius 1 is 1.09 bits per heavy atom. The average molecular weight is 473 g/mol. The van der Waals surface area contributed by atoms with Gasteiger partial charge in [0.05, 0.1) is 13.0 Å². The van der Waals surface area contributed by atoms with Gasteiger partial charge >= 0.3 is 5.97 Å². The van der Waals surface area contributed by atoms with Gasteiger partial charge in [0.1, 0.15) is 30.5 Å². The van der Waals surface area contributed by atoms with Gasteiger partial charge in [0.25, 0.3) is 0 Å². The third-order valence-corrected chi connectivity index (χ3v) is 6.21. The maximum absolute atomic E-state index is 11.2. The highest BCUT2D eigenvalue weighted by atomic mass is 16.5. The minimum atomic E-state index is -0.849. The van der Waals surface area contributed by atoms with E-state index in [4.69, 9.17) is 14.2 Å². The molecule has 1 aliphatic rings. The molecule has 0 bridgehead atoms. The van der Waals surface area contributed by atoms with Crippen LogP contribution in [0, 0.1) is 6.92 Å². The third kappa shape index (κ3) is 6.04. The first kappa shape index (κ1) is 24.4. The van der Waals surface area contributed by atoms with E-state index in [1.165, 1.54) is 5.56 Å². The van der Waals surface area contributed by atoms with Crippen molar-refractivity contribution in [2.45, 2.75) is 45.6 Å². The number of carboxylic acid groups (broad SMARTS) is 1. The third-order valence-electron chi connectivity index (χ3n) is 6.21. The first-order valence-corrected chi connectivity index (χ1v) is 12.1. The van der Waals surface area contributed by atoms with Crippen LogP contribution in [-0.2, 0) is 11.4 Å². The van der Waals surface area contributed by atoms with Crippen molar-refractivity contribution in [1.82, 2.24) is 0 Å². The molecule has 1 aliphatic heterocycles. The maximum Gasteiger partial charge on any atom is 0.304 e. The van der Waals surface area contributed by atoms with Crippen LogP contribution < -0.4 is 14.2 Å². The molecule has 35 heavy (non-hydrogen) atoms. The Hall–Kier alpha value is -3.73. The van der Waals surface area contributed by atoms with Gasteiger partial charge in [-0.15, -0.1) is 0 Å². The van der Waals surface area contributed by atoms with E-state index in [9.17, 15) is 9.90 Å². The molecule has 182 valence electrons. The number of rotatable bonds is 10. The summed E-state index contributed by atoms with van der Waals surface area (Å²) in [4.78, 5) is 11.2. The molecule has 1 heterocycles. The Morgan fingerprint density at radius 3 is 2.63 bits per heavy atom. The summed E-state index contributed by atoms with van der Waals surface area (Å²) in [7, 11) is 0. The highest BCUT2D eigenvalue weighted by Crippen LogP contribution is 2.40. The van der Waals surface area contributed by atoms with Gasteiger partial charge in [-0.2, -0.15) is 0 Å². The van der Waals surface area contributed by atoms with Gasteiger partial charge in [0, 0.05) is 23.1 Å². The molecule has 0 aliphatic carbocycles. The van der Waals surface area contributed by atoms with Gasteiger partial charge in [-0.3, -0.25) is 4.79 Å². The van der Waals surface area contributed by atoms with Gasteiger partial charge in [-0.05, 0) is 48.2 Å². The van der Waals surface area contributed by atoms with E-state index in [0.29, 0.717) is 31.3 Å². The highest BCUT2D eigenvalue weighted by Gasteiger charge is 2.27. The molecule has 0 fully saturated rings. The largest absolute Gasteiger partial charge is 0.493 e. The summed E-state index contributed by atoms with van der Waals surface area (Å²) in [5, 5.41) is 9.23.